The van der Waals surface area contributed by atoms with Crippen molar-refractivity contribution in [2.24, 2.45) is 17.8 Å². The highest BCUT2D eigenvalue weighted by Crippen LogP contribution is 2.44. The van der Waals surface area contributed by atoms with E-state index in [1.807, 2.05) is 24.3 Å². The summed E-state index contributed by atoms with van der Waals surface area (Å²) in [5.41, 5.74) is 0.770. The minimum Gasteiger partial charge on any atom is -0.486 e. The quantitative estimate of drug-likeness (QED) is 0.869. The van der Waals surface area contributed by atoms with Gasteiger partial charge >= 0.3 is 0 Å². The second kappa shape index (κ2) is 5.76. The maximum absolute atomic E-state index is 12.6. The Morgan fingerprint density at radius 2 is 2.14 bits per heavy atom. The van der Waals surface area contributed by atoms with Crippen LogP contribution in [0.5, 0.6) is 5.75 Å². The van der Waals surface area contributed by atoms with E-state index in [2.05, 4.69) is 17.5 Å². The van der Waals surface area contributed by atoms with Gasteiger partial charge < -0.3 is 14.8 Å². The van der Waals surface area contributed by atoms with Gasteiger partial charge in [-0.15, -0.1) is 0 Å². The summed E-state index contributed by atoms with van der Waals surface area (Å²) in [5, 5.41) is 3.07. The van der Waals surface area contributed by atoms with Gasteiger partial charge in [0.1, 0.15) is 11.9 Å². The van der Waals surface area contributed by atoms with Gasteiger partial charge in [-0.05, 0) is 36.8 Å². The number of amides is 1. The van der Waals surface area contributed by atoms with E-state index in [9.17, 15) is 4.79 Å². The summed E-state index contributed by atoms with van der Waals surface area (Å²) in [6, 6.07) is 7.68. The van der Waals surface area contributed by atoms with Gasteiger partial charge in [0.25, 0.3) is 0 Å². The zero-order chi connectivity index (χ0) is 14.9. The minimum atomic E-state index is 0.0866. The Labute approximate surface area is 130 Å². The summed E-state index contributed by atoms with van der Waals surface area (Å²) >= 11 is 0. The molecule has 2 bridgehead atoms. The minimum absolute atomic E-state index is 0.0866. The lowest BCUT2D eigenvalue weighted by atomic mass is 9.93. The van der Waals surface area contributed by atoms with Crippen molar-refractivity contribution in [3.63, 3.8) is 0 Å². The van der Waals surface area contributed by atoms with E-state index in [0.29, 0.717) is 18.4 Å². The van der Waals surface area contributed by atoms with Crippen LogP contribution in [-0.2, 0) is 9.53 Å². The van der Waals surface area contributed by atoms with Crippen molar-refractivity contribution in [1.82, 2.24) is 0 Å². The molecule has 1 amide bonds. The van der Waals surface area contributed by atoms with Crippen LogP contribution in [-0.4, -0.2) is 25.2 Å². The molecule has 1 aromatic rings. The zero-order valence-corrected chi connectivity index (χ0v) is 12.5. The normalized spacial score (nSPS) is 32.4. The maximum Gasteiger partial charge on any atom is 0.228 e. The standard InChI is InChI=1S/C18H21NO3/c20-18(15-10-12-5-6-13(15)9-12)19-16-3-1-2-4-17(16)22-14-7-8-21-11-14/h1-6,12-15H,7-11H2,(H,19,20)/t12-,13-,14-,15-/m0/s1. The molecule has 1 aliphatic heterocycles. The number of rotatable bonds is 4. The zero-order valence-electron chi connectivity index (χ0n) is 12.5. The third-order valence-corrected chi connectivity index (χ3v) is 4.94. The lowest BCUT2D eigenvalue weighted by molar-refractivity contribution is -0.120. The Balaban J connectivity index is 1.45. The van der Waals surface area contributed by atoms with Crippen LogP contribution in [0.25, 0.3) is 0 Å². The fraction of sp³-hybridized carbons (Fsp3) is 0.500. The van der Waals surface area contributed by atoms with Crippen molar-refractivity contribution in [2.45, 2.75) is 25.4 Å². The molecule has 116 valence electrons. The SMILES string of the molecule is O=C(Nc1ccccc1O[C@H]1CCOC1)[C@H]1C[C@H]2C=C[C@H]1C2. The Bertz CT molecular complexity index is 592. The molecular weight excluding hydrogens is 278 g/mol. The summed E-state index contributed by atoms with van der Waals surface area (Å²) < 4.78 is 11.3. The van der Waals surface area contributed by atoms with E-state index in [1.165, 1.54) is 0 Å². The summed E-state index contributed by atoms with van der Waals surface area (Å²) in [6.45, 7) is 1.37. The number of fused-ring (bicyclic) bond motifs is 2. The third kappa shape index (κ3) is 2.63. The summed E-state index contributed by atoms with van der Waals surface area (Å²) in [7, 11) is 0. The van der Waals surface area contributed by atoms with Crippen molar-refractivity contribution in [3.05, 3.63) is 36.4 Å². The van der Waals surface area contributed by atoms with Gasteiger partial charge in [-0.25, -0.2) is 0 Å². The largest absolute Gasteiger partial charge is 0.486 e. The monoisotopic (exact) mass is 299 g/mol. The highest BCUT2D eigenvalue weighted by molar-refractivity contribution is 5.94. The number of hydrogen-bond donors (Lipinski definition) is 1. The number of nitrogens with one attached hydrogen (secondary N) is 1. The van der Waals surface area contributed by atoms with Crippen molar-refractivity contribution in [2.75, 3.05) is 18.5 Å². The molecule has 4 nitrogen and oxygen atoms in total. The number of para-hydroxylation sites is 2. The number of anilines is 1. The van der Waals surface area contributed by atoms with E-state index in [1.54, 1.807) is 0 Å². The molecule has 1 aromatic carbocycles. The van der Waals surface area contributed by atoms with Gasteiger partial charge in [-0.3, -0.25) is 4.79 Å². The van der Waals surface area contributed by atoms with E-state index in [-0.39, 0.29) is 17.9 Å². The third-order valence-electron chi connectivity index (χ3n) is 4.94. The second-order valence-electron chi connectivity index (χ2n) is 6.48. The van der Waals surface area contributed by atoms with Crippen molar-refractivity contribution >= 4 is 11.6 Å². The Morgan fingerprint density at radius 1 is 1.23 bits per heavy atom. The number of carbonyl (C=O) groups excluding carboxylic acids is 1. The van der Waals surface area contributed by atoms with Crippen LogP contribution in [0, 0.1) is 17.8 Å². The molecule has 22 heavy (non-hydrogen) atoms. The average Bonchev–Trinajstić information content (AvgIpc) is 3.26. The molecule has 3 aliphatic rings. The Hall–Kier alpha value is -1.81. The number of hydrogen-bond acceptors (Lipinski definition) is 3. The van der Waals surface area contributed by atoms with Gasteiger partial charge in [0, 0.05) is 12.3 Å². The van der Waals surface area contributed by atoms with Crippen molar-refractivity contribution in [1.29, 1.82) is 0 Å². The predicted octanol–water partition coefficient (Wildman–Crippen LogP) is 3.01. The number of ether oxygens (including phenoxy) is 2. The van der Waals surface area contributed by atoms with Gasteiger partial charge in [0.05, 0.1) is 18.9 Å². The number of allylic oxidation sites excluding steroid dienone is 2. The lowest BCUT2D eigenvalue weighted by Gasteiger charge is -2.20. The highest BCUT2D eigenvalue weighted by Gasteiger charge is 2.39. The van der Waals surface area contributed by atoms with Crippen LogP contribution in [0.2, 0.25) is 0 Å². The Kier molecular flexibility index (Phi) is 3.62. The van der Waals surface area contributed by atoms with E-state index < -0.39 is 0 Å². The molecule has 0 unspecified atom stereocenters. The first kappa shape index (κ1) is 13.8. The molecule has 4 heteroatoms. The molecule has 4 rings (SSSR count). The molecule has 1 saturated carbocycles. The summed E-state index contributed by atoms with van der Waals surface area (Å²) in [6.07, 6.45) is 7.56. The van der Waals surface area contributed by atoms with Gasteiger partial charge in [0.2, 0.25) is 5.91 Å². The maximum atomic E-state index is 12.6. The van der Waals surface area contributed by atoms with E-state index in [0.717, 1.165) is 37.3 Å². The molecular formula is C18H21NO3. The molecule has 0 aromatic heterocycles. The van der Waals surface area contributed by atoms with E-state index >= 15 is 0 Å². The first-order chi connectivity index (χ1) is 10.8. The van der Waals surface area contributed by atoms with Gasteiger partial charge in [-0.2, -0.15) is 0 Å². The fourth-order valence-corrected chi connectivity index (χ4v) is 3.77. The first-order valence-corrected chi connectivity index (χ1v) is 8.12. The van der Waals surface area contributed by atoms with Crippen LogP contribution >= 0.6 is 0 Å². The molecule has 1 heterocycles. The lowest BCUT2D eigenvalue weighted by Crippen LogP contribution is -2.26. The molecule has 1 saturated heterocycles. The first-order valence-electron chi connectivity index (χ1n) is 8.12. The smallest absolute Gasteiger partial charge is 0.228 e. The van der Waals surface area contributed by atoms with Crippen molar-refractivity contribution < 1.29 is 14.3 Å². The number of benzene rings is 1. The van der Waals surface area contributed by atoms with Crippen molar-refractivity contribution in [3.8, 4) is 5.75 Å². The molecule has 1 N–H and O–H groups in total. The predicted molar refractivity (Wildman–Crippen MR) is 83.8 cm³/mol. The summed E-state index contributed by atoms with van der Waals surface area (Å²) in [5.74, 6) is 1.99. The van der Waals surface area contributed by atoms with Crippen LogP contribution in [0.4, 0.5) is 5.69 Å². The van der Waals surface area contributed by atoms with Gasteiger partial charge in [-0.1, -0.05) is 24.3 Å². The van der Waals surface area contributed by atoms with E-state index in [4.69, 9.17) is 9.47 Å². The molecule has 4 atom stereocenters. The van der Waals surface area contributed by atoms with Gasteiger partial charge in [0.15, 0.2) is 0 Å². The fourth-order valence-electron chi connectivity index (χ4n) is 3.77. The molecule has 0 spiro atoms. The van der Waals surface area contributed by atoms with Crippen LogP contribution in [0.15, 0.2) is 36.4 Å². The average molecular weight is 299 g/mol. The topological polar surface area (TPSA) is 47.6 Å². The molecule has 2 aliphatic carbocycles. The van der Waals surface area contributed by atoms with Crippen LogP contribution < -0.4 is 10.1 Å². The molecule has 0 radical (unpaired) electrons. The molecule has 2 fully saturated rings. The van der Waals surface area contributed by atoms with Crippen LogP contribution in [0.3, 0.4) is 0 Å². The van der Waals surface area contributed by atoms with Crippen LogP contribution in [0.1, 0.15) is 19.3 Å². The second-order valence-corrected chi connectivity index (χ2v) is 6.48. The number of carbonyl (C=O) groups is 1. The Morgan fingerprint density at radius 3 is 2.86 bits per heavy atom. The highest BCUT2D eigenvalue weighted by atomic mass is 16.5. The summed E-state index contributed by atoms with van der Waals surface area (Å²) in [4.78, 5) is 12.6.